The van der Waals surface area contributed by atoms with Gasteiger partial charge in [0.2, 0.25) is 0 Å². The normalized spacial score (nSPS) is 28.3. The Morgan fingerprint density at radius 2 is 1.60 bits per heavy atom. The molecule has 2 N–H and O–H groups in total. The highest BCUT2D eigenvalue weighted by Crippen LogP contribution is 2.63. The summed E-state index contributed by atoms with van der Waals surface area (Å²) in [4.78, 5) is 12.9. The lowest BCUT2D eigenvalue weighted by Gasteiger charge is -2.43. The number of carbonyl (C=O) groups is 1. The van der Waals surface area contributed by atoms with E-state index in [1.54, 1.807) is 0 Å². The molecule has 150 valence electrons. The molecule has 2 aliphatic carbocycles. The van der Waals surface area contributed by atoms with Gasteiger partial charge in [0.15, 0.2) is 0 Å². The quantitative estimate of drug-likeness (QED) is 0.552. The van der Waals surface area contributed by atoms with E-state index in [9.17, 15) is 4.79 Å². The maximum atomic E-state index is 12.9. The molecule has 2 fully saturated rings. The zero-order valence-electron chi connectivity index (χ0n) is 16.9. The average Bonchev–Trinajstić information content (AvgIpc) is 3.42. The Kier molecular flexibility index (Phi) is 4.15. The summed E-state index contributed by atoms with van der Waals surface area (Å²) in [5.74, 6) is 2.67. The van der Waals surface area contributed by atoms with Crippen LogP contribution in [-0.4, -0.2) is 5.91 Å². The van der Waals surface area contributed by atoms with Gasteiger partial charge in [-0.25, -0.2) is 0 Å². The largest absolute Gasteiger partial charge is 0.378 e. The molecule has 0 saturated heterocycles. The minimum atomic E-state index is -0.0334. The second-order valence-electron chi connectivity index (χ2n) is 9.09. The minimum absolute atomic E-state index is 0.0334. The van der Waals surface area contributed by atoms with E-state index in [0.29, 0.717) is 17.9 Å². The summed E-state index contributed by atoms with van der Waals surface area (Å²) in [7, 11) is 0. The number of rotatable bonds is 3. The van der Waals surface area contributed by atoms with Gasteiger partial charge in [-0.15, -0.1) is 0 Å². The molecule has 0 radical (unpaired) electrons. The highest BCUT2D eigenvalue weighted by molar-refractivity contribution is 6.04. The molecule has 0 aromatic heterocycles. The molecule has 1 heterocycles. The highest BCUT2D eigenvalue weighted by atomic mass is 16.1. The standard InChI is InChI=1S/C27H26N2O/c30-27(28-21-9-5-2-6-10-21)20-13-14-23-22(16-20)24-18-11-12-19(15-18)25(24)26(29-23)17-7-3-1-4-8-17/h1-10,13-14,16,18-19,24-26,29H,11-12,15H2,(H,28,30)/t18-,19-,24+,25+,26-/m0/s1. The zero-order valence-corrected chi connectivity index (χ0v) is 16.9. The van der Waals surface area contributed by atoms with E-state index in [2.05, 4.69) is 53.1 Å². The van der Waals surface area contributed by atoms with Crippen LogP contribution in [0.1, 0.15) is 52.7 Å². The van der Waals surface area contributed by atoms with Crippen LogP contribution < -0.4 is 10.6 Å². The fraction of sp³-hybridized carbons (Fsp3) is 0.296. The van der Waals surface area contributed by atoms with Gasteiger partial charge >= 0.3 is 0 Å². The second-order valence-corrected chi connectivity index (χ2v) is 9.09. The maximum absolute atomic E-state index is 12.9. The number of fused-ring (bicyclic) bond motifs is 7. The Morgan fingerprint density at radius 1 is 0.867 bits per heavy atom. The van der Waals surface area contributed by atoms with E-state index in [-0.39, 0.29) is 5.91 Å². The summed E-state index contributed by atoms with van der Waals surface area (Å²) in [6, 6.07) is 27.2. The third-order valence-electron chi connectivity index (χ3n) is 7.54. The number of amides is 1. The summed E-state index contributed by atoms with van der Waals surface area (Å²) < 4.78 is 0. The Labute approximate surface area is 177 Å². The second kappa shape index (κ2) is 7.02. The van der Waals surface area contributed by atoms with Gasteiger partial charge < -0.3 is 10.6 Å². The van der Waals surface area contributed by atoms with Crippen LogP contribution in [0.3, 0.4) is 0 Å². The third kappa shape index (κ3) is 2.84. The zero-order chi connectivity index (χ0) is 20.1. The molecule has 6 rings (SSSR count). The van der Waals surface area contributed by atoms with Gasteiger partial charge in [0.25, 0.3) is 5.91 Å². The smallest absolute Gasteiger partial charge is 0.255 e. The lowest BCUT2D eigenvalue weighted by molar-refractivity contribution is 0.102. The predicted molar refractivity (Wildman–Crippen MR) is 121 cm³/mol. The number of benzene rings is 3. The Morgan fingerprint density at radius 3 is 2.40 bits per heavy atom. The van der Waals surface area contributed by atoms with Crippen molar-refractivity contribution >= 4 is 17.3 Å². The van der Waals surface area contributed by atoms with Gasteiger partial charge in [-0.05, 0) is 84.4 Å². The highest BCUT2D eigenvalue weighted by Gasteiger charge is 2.53. The maximum Gasteiger partial charge on any atom is 0.255 e. The number of carbonyl (C=O) groups excluding carboxylic acids is 1. The van der Waals surface area contributed by atoms with Crippen LogP contribution in [0.4, 0.5) is 11.4 Å². The average molecular weight is 395 g/mol. The Bertz CT molecular complexity index is 1080. The van der Waals surface area contributed by atoms with Gasteiger partial charge in [-0.1, -0.05) is 48.5 Å². The molecule has 3 aliphatic rings. The summed E-state index contributed by atoms with van der Waals surface area (Å²) in [5, 5.41) is 6.89. The van der Waals surface area contributed by atoms with E-state index < -0.39 is 0 Å². The van der Waals surface area contributed by atoms with Crippen molar-refractivity contribution in [2.24, 2.45) is 17.8 Å². The topological polar surface area (TPSA) is 41.1 Å². The number of para-hydroxylation sites is 1. The summed E-state index contributed by atoms with van der Waals surface area (Å²) >= 11 is 0. The van der Waals surface area contributed by atoms with Crippen LogP contribution in [0.15, 0.2) is 78.9 Å². The fourth-order valence-electron chi connectivity index (χ4n) is 6.34. The molecule has 3 aromatic rings. The Hall–Kier alpha value is -3.07. The van der Waals surface area contributed by atoms with E-state index in [1.807, 2.05) is 36.4 Å². The fourth-order valence-corrected chi connectivity index (χ4v) is 6.34. The van der Waals surface area contributed by atoms with Crippen molar-refractivity contribution < 1.29 is 4.79 Å². The van der Waals surface area contributed by atoms with Crippen molar-refractivity contribution in [1.82, 2.24) is 0 Å². The van der Waals surface area contributed by atoms with Crippen molar-refractivity contribution in [3.8, 4) is 0 Å². The van der Waals surface area contributed by atoms with Crippen molar-refractivity contribution in [2.75, 3.05) is 10.6 Å². The van der Waals surface area contributed by atoms with Gasteiger partial charge in [-0.2, -0.15) is 0 Å². The predicted octanol–water partition coefficient (Wildman–Crippen LogP) is 6.24. The molecular weight excluding hydrogens is 368 g/mol. The molecule has 2 saturated carbocycles. The molecule has 0 unspecified atom stereocenters. The lowest BCUT2D eigenvalue weighted by atomic mass is 9.68. The van der Waals surface area contributed by atoms with Gasteiger partial charge in [0.1, 0.15) is 0 Å². The molecule has 5 atom stereocenters. The third-order valence-corrected chi connectivity index (χ3v) is 7.54. The van der Waals surface area contributed by atoms with E-state index >= 15 is 0 Å². The summed E-state index contributed by atoms with van der Waals surface area (Å²) in [5.41, 5.74) is 5.52. The SMILES string of the molecule is O=C(Nc1ccccc1)c1ccc2c(c1)[C@H]1[C@H]3CC[C@@H](C3)[C@H]1[C@H](c1ccccc1)N2. The summed E-state index contributed by atoms with van der Waals surface area (Å²) in [6.45, 7) is 0. The number of hydrogen-bond acceptors (Lipinski definition) is 2. The number of nitrogens with one attached hydrogen (secondary N) is 2. The molecule has 30 heavy (non-hydrogen) atoms. The molecule has 3 heteroatoms. The molecular formula is C27H26N2O. The Balaban J connectivity index is 1.36. The molecule has 3 aromatic carbocycles. The van der Waals surface area contributed by atoms with Crippen molar-refractivity contribution in [3.05, 3.63) is 95.6 Å². The first-order valence-electron chi connectivity index (χ1n) is 11.1. The van der Waals surface area contributed by atoms with Crippen LogP contribution in [-0.2, 0) is 0 Å². The molecule has 1 amide bonds. The molecule has 2 bridgehead atoms. The van der Waals surface area contributed by atoms with Gasteiger partial charge in [-0.3, -0.25) is 4.79 Å². The van der Waals surface area contributed by atoms with Crippen molar-refractivity contribution in [2.45, 2.75) is 31.2 Å². The van der Waals surface area contributed by atoms with Crippen LogP contribution in [0.5, 0.6) is 0 Å². The first-order chi connectivity index (χ1) is 14.8. The van der Waals surface area contributed by atoms with E-state index in [4.69, 9.17) is 0 Å². The summed E-state index contributed by atoms with van der Waals surface area (Å²) in [6.07, 6.45) is 4.01. The molecule has 0 spiro atoms. The monoisotopic (exact) mass is 394 g/mol. The molecule has 3 nitrogen and oxygen atoms in total. The van der Waals surface area contributed by atoms with Gasteiger partial charge in [0.05, 0.1) is 6.04 Å². The first kappa shape index (κ1) is 17.8. The van der Waals surface area contributed by atoms with Crippen molar-refractivity contribution in [3.63, 3.8) is 0 Å². The van der Waals surface area contributed by atoms with Crippen LogP contribution in [0.25, 0.3) is 0 Å². The van der Waals surface area contributed by atoms with Gasteiger partial charge in [0, 0.05) is 16.9 Å². The number of anilines is 2. The van der Waals surface area contributed by atoms with Crippen LogP contribution in [0, 0.1) is 17.8 Å². The van der Waals surface area contributed by atoms with Crippen LogP contribution >= 0.6 is 0 Å². The van der Waals surface area contributed by atoms with Crippen LogP contribution in [0.2, 0.25) is 0 Å². The number of hydrogen-bond donors (Lipinski definition) is 2. The first-order valence-corrected chi connectivity index (χ1v) is 11.1. The minimum Gasteiger partial charge on any atom is -0.378 e. The van der Waals surface area contributed by atoms with E-state index in [0.717, 1.165) is 23.1 Å². The van der Waals surface area contributed by atoms with E-state index in [1.165, 1.54) is 36.1 Å². The van der Waals surface area contributed by atoms with Crippen molar-refractivity contribution in [1.29, 1.82) is 0 Å². The lowest BCUT2D eigenvalue weighted by Crippen LogP contribution is -2.35. The molecule has 1 aliphatic heterocycles.